The van der Waals surface area contributed by atoms with E-state index in [1.54, 1.807) is 11.8 Å². The molecule has 2 aliphatic heterocycles. The summed E-state index contributed by atoms with van der Waals surface area (Å²) in [6.45, 7) is 8.39. The number of azide groups is 1. The smallest absolute Gasteiger partial charge is 0.410 e. The highest BCUT2D eigenvalue weighted by Crippen LogP contribution is 2.37. The molecule has 0 saturated carbocycles. The van der Waals surface area contributed by atoms with E-state index in [2.05, 4.69) is 10.0 Å². The van der Waals surface area contributed by atoms with Crippen LogP contribution >= 0.6 is 0 Å². The fraction of sp³-hybridized carbons (Fsp3) is 0.535. The number of rotatable bonds is 19. The number of nitrogens with zero attached hydrogens (tertiary/aromatic N) is 4. The largest absolute Gasteiger partial charge is 0.463 e. The van der Waals surface area contributed by atoms with Gasteiger partial charge < -0.3 is 43.2 Å². The van der Waals surface area contributed by atoms with Crippen LogP contribution in [0.1, 0.15) is 63.6 Å². The van der Waals surface area contributed by atoms with Crippen molar-refractivity contribution in [3.05, 3.63) is 118 Å². The van der Waals surface area contributed by atoms with Crippen molar-refractivity contribution in [1.82, 2.24) is 4.90 Å². The van der Waals surface area contributed by atoms with Crippen molar-refractivity contribution in [3.63, 3.8) is 0 Å². The van der Waals surface area contributed by atoms with Crippen LogP contribution in [0.3, 0.4) is 0 Å². The topological polar surface area (TPSA) is 171 Å². The van der Waals surface area contributed by atoms with Gasteiger partial charge in [0.1, 0.15) is 25.4 Å². The normalized spacial score (nSPS) is 27.2. The molecule has 14 heteroatoms. The highest BCUT2D eigenvalue weighted by Gasteiger charge is 2.49. The molecule has 2 heterocycles. The van der Waals surface area contributed by atoms with Crippen LogP contribution in [0.4, 0.5) is 4.79 Å². The predicted molar refractivity (Wildman–Crippen MR) is 210 cm³/mol. The highest BCUT2D eigenvalue weighted by atomic mass is 16.7. The summed E-state index contributed by atoms with van der Waals surface area (Å²) in [4.78, 5) is 29.9. The summed E-state index contributed by atoms with van der Waals surface area (Å²) >= 11 is 0. The van der Waals surface area contributed by atoms with Gasteiger partial charge in [0, 0.05) is 37.4 Å². The SMILES string of the molecule is CC(=O)OCC1O[C@H](OCCCCCN(Cc2ccccc2)C(=O)OCc2ccccc2)C(N=[N+]=[N-])[C@@H](C)[C@@H]1O[C@@H]1OC(C)[C@@H](O)[C@@H](OCc2ccccc2)C1C. The molecule has 308 valence electrons. The number of carbonyl (C=O) groups excluding carboxylic acids is 2. The Hall–Kier alpha value is -4.53. The number of aliphatic hydroxyl groups is 1. The Morgan fingerprint density at radius 3 is 2.04 bits per heavy atom. The summed E-state index contributed by atoms with van der Waals surface area (Å²) in [7, 11) is 0. The average Bonchev–Trinajstić information content (AvgIpc) is 3.22. The van der Waals surface area contributed by atoms with Crippen LogP contribution in [0.25, 0.3) is 10.4 Å². The molecule has 1 N–H and O–H groups in total. The Morgan fingerprint density at radius 2 is 1.40 bits per heavy atom. The van der Waals surface area contributed by atoms with E-state index in [9.17, 15) is 20.2 Å². The van der Waals surface area contributed by atoms with Crippen LogP contribution in [0, 0.1) is 11.8 Å². The average molecular weight is 789 g/mol. The number of hydrogen-bond donors (Lipinski definition) is 1. The van der Waals surface area contributed by atoms with Crippen LogP contribution in [-0.4, -0.2) is 91.0 Å². The first-order chi connectivity index (χ1) is 27.6. The minimum Gasteiger partial charge on any atom is -0.463 e. The van der Waals surface area contributed by atoms with Gasteiger partial charge in [-0.25, -0.2) is 4.79 Å². The van der Waals surface area contributed by atoms with E-state index in [1.807, 2.05) is 105 Å². The predicted octanol–water partition coefficient (Wildman–Crippen LogP) is 7.33. The third-order valence-corrected chi connectivity index (χ3v) is 10.4. The van der Waals surface area contributed by atoms with E-state index < -0.39 is 66.9 Å². The number of aliphatic hydroxyl groups excluding tert-OH is 1. The third kappa shape index (κ3) is 13.0. The van der Waals surface area contributed by atoms with Crippen molar-refractivity contribution in [1.29, 1.82) is 0 Å². The quantitative estimate of drug-likeness (QED) is 0.0427. The summed E-state index contributed by atoms with van der Waals surface area (Å²) < 4.78 is 42.6. The molecule has 14 nitrogen and oxygen atoms in total. The van der Waals surface area contributed by atoms with E-state index in [0.29, 0.717) is 32.5 Å². The molecule has 57 heavy (non-hydrogen) atoms. The van der Waals surface area contributed by atoms with E-state index >= 15 is 0 Å². The lowest BCUT2D eigenvalue weighted by atomic mass is 9.88. The molecule has 0 aliphatic carbocycles. The van der Waals surface area contributed by atoms with Crippen molar-refractivity contribution in [3.8, 4) is 0 Å². The zero-order valence-corrected chi connectivity index (χ0v) is 33.2. The van der Waals surface area contributed by atoms with Crippen LogP contribution in [0.5, 0.6) is 0 Å². The molecule has 4 unspecified atom stereocenters. The second kappa shape index (κ2) is 22.4. The molecule has 2 fully saturated rings. The number of esters is 1. The summed E-state index contributed by atoms with van der Waals surface area (Å²) in [5, 5.41) is 15.1. The Labute approximate surface area is 334 Å². The van der Waals surface area contributed by atoms with Crippen molar-refractivity contribution in [2.45, 2.75) is 116 Å². The molecule has 5 rings (SSSR count). The number of carbonyl (C=O) groups is 2. The molecular formula is C43H56N4O10. The number of benzene rings is 3. The zero-order valence-electron chi connectivity index (χ0n) is 33.2. The highest BCUT2D eigenvalue weighted by molar-refractivity contribution is 5.67. The van der Waals surface area contributed by atoms with Crippen LogP contribution in [0.15, 0.2) is 96.1 Å². The van der Waals surface area contributed by atoms with E-state index in [-0.39, 0.29) is 25.9 Å². The van der Waals surface area contributed by atoms with Gasteiger partial charge in [-0.2, -0.15) is 0 Å². The van der Waals surface area contributed by atoms with E-state index in [4.69, 9.17) is 33.2 Å². The van der Waals surface area contributed by atoms with E-state index in [0.717, 1.165) is 23.1 Å². The maximum Gasteiger partial charge on any atom is 0.410 e. The summed E-state index contributed by atoms with van der Waals surface area (Å²) in [6, 6.07) is 28.3. The second-order valence-electron chi connectivity index (χ2n) is 14.7. The Balaban J connectivity index is 1.17. The van der Waals surface area contributed by atoms with E-state index in [1.165, 1.54) is 6.92 Å². The zero-order chi connectivity index (χ0) is 40.6. The molecule has 0 radical (unpaired) electrons. The van der Waals surface area contributed by atoms with Crippen molar-refractivity contribution < 1.29 is 47.9 Å². The summed E-state index contributed by atoms with van der Waals surface area (Å²) in [5.74, 6) is -1.34. The molecule has 0 spiro atoms. The van der Waals surface area contributed by atoms with Crippen LogP contribution in [-0.2, 0) is 57.7 Å². The van der Waals surface area contributed by atoms with Crippen LogP contribution in [0.2, 0.25) is 0 Å². The van der Waals surface area contributed by atoms with Gasteiger partial charge in [0.2, 0.25) is 0 Å². The summed E-state index contributed by atoms with van der Waals surface area (Å²) in [5.41, 5.74) is 12.5. The maximum absolute atomic E-state index is 13.2. The maximum atomic E-state index is 13.2. The van der Waals surface area contributed by atoms with Crippen molar-refractivity contribution in [2.24, 2.45) is 17.0 Å². The molecule has 1 amide bonds. The van der Waals surface area contributed by atoms with Gasteiger partial charge in [-0.05, 0) is 54.3 Å². The number of unbranched alkanes of at least 4 members (excludes halogenated alkanes) is 2. The number of ether oxygens (including phenoxy) is 7. The fourth-order valence-corrected chi connectivity index (χ4v) is 7.12. The van der Waals surface area contributed by atoms with Gasteiger partial charge in [-0.1, -0.05) is 110 Å². The second-order valence-corrected chi connectivity index (χ2v) is 14.7. The lowest BCUT2D eigenvalue weighted by Gasteiger charge is -2.48. The summed E-state index contributed by atoms with van der Waals surface area (Å²) in [6.07, 6.45) is -3.67. The van der Waals surface area contributed by atoms with Gasteiger partial charge >= 0.3 is 12.1 Å². The molecule has 3 aromatic rings. The van der Waals surface area contributed by atoms with Gasteiger partial charge in [0.05, 0.1) is 31.0 Å². The van der Waals surface area contributed by atoms with Crippen LogP contribution < -0.4 is 0 Å². The van der Waals surface area contributed by atoms with Crippen molar-refractivity contribution in [2.75, 3.05) is 19.8 Å². The molecule has 3 aromatic carbocycles. The van der Waals surface area contributed by atoms with Gasteiger partial charge in [-0.3, -0.25) is 4.79 Å². The molecule has 10 atom stereocenters. The molecule has 2 aliphatic rings. The first-order valence-electron chi connectivity index (χ1n) is 19.7. The Morgan fingerprint density at radius 1 is 0.772 bits per heavy atom. The first-order valence-corrected chi connectivity index (χ1v) is 19.7. The lowest BCUT2D eigenvalue weighted by Crippen LogP contribution is -2.60. The van der Waals surface area contributed by atoms with Crippen molar-refractivity contribution >= 4 is 12.1 Å². The van der Waals surface area contributed by atoms with Gasteiger partial charge in [0.15, 0.2) is 12.6 Å². The minimum atomic E-state index is -0.939. The van der Waals surface area contributed by atoms with Gasteiger partial charge in [0.25, 0.3) is 0 Å². The Kier molecular flexibility index (Phi) is 17.1. The third-order valence-electron chi connectivity index (χ3n) is 10.4. The first kappa shape index (κ1) is 43.6. The van der Waals surface area contributed by atoms with Gasteiger partial charge in [-0.15, -0.1) is 0 Å². The molecule has 0 bridgehead atoms. The number of amides is 1. The molecule has 0 aromatic heterocycles. The molecular weight excluding hydrogens is 732 g/mol. The fourth-order valence-electron chi connectivity index (χ4n) is 7.12. The molecule has 2 saturated heterocycles. The monoisotopic (exact) mass is 788 g/mol. The lowest BCUT2D eigenvalue weighted by molar-refractivity contribution is -0.330. The Bertz CT molecular complexity index is 1700. The minimum absolute atomic E-state index is 0.127. The number of hydrogen-bond acceptors (Lipinski definition) is 11. The standard InChI is InChI=1S/C43H56N4O10/c1-29-37(45-46-44)42(51-24-16-8-15-23-47(25-33-17-9-5-10-18-33)43(50)54-27-35-21-13-7-14-22-35)56-36(28-52-32(4)48)39(29)57-41-30(2)40(38(49)31(3)55-41)53-26-34-19-11-6-12-20-34/h5-7,9-14,17-22,29-31,36-42,49H,8,15-16,23-28H2,1-4H3/t29-,30?,31?,36?,37?,38-,39+,40+,41+,42+/m1/s1.